The molecule has 2 N–H and O–H groups in total. The zero-order valence-corrected chi connectivity index (χ0v) is 17.1. The van der Waals surface area contributed by atoms with E-state index in [0.29, 0.717) is 17.8 Å². The smallest absolute Gasteiger partial charge is 0.258 e. The van der Waals surface area contributed by atoms with Crippen molar-refractivity contribution in [2.45, 2.75) is 27.3 Å². The molecule has 0 spiro atoms. The van der Waals surface area contributed by atoms with Gasteiger partial charge in [0, 0.05) is 6.20 Å². The van der Waals surface area contributed by atoms with E-state index in [4.69, 9.17) is 9.40 Å². The molecule has 6 heteroatoms. The fourth-order valence-corrected chi connectivity index (χ4v) is 4.01. The summed E-state index contributed by atoms with van der Waals surface area (Å²) in [5.41, 5.74) is 5.92. The minimum Gasteiger partial charge on any atom is -0.467 e. The van der Waals surface area contributed by atoms with Crippen molar-refractivity contribution in [3.05, 3.63) is 87.7 Å². The first-order valence-corrected chi connectivity index (χ1v) is 9.90. The van der Waals surface area contributed by atoms with Crippen molar-refractivity contribution >= 4 is 22.4 Å². The van der Waals surface area contributed by atoms with E-state index in [9.17, 15) is 4.79 Å². The summed E-state index contributed by atoms with van der Waals surface area (Å²) in [6.07, 6.45) is 3.60. The molecule has 0 saturated heterocycles. The number of benzene rings is 1. The summed E-state index contributed by atoms with van der Waals surface area (Å²) in [5, 5.41) is 4.41. The first-order chi connectivity index (χ1) is 14.5. The molecular weight excluding hydrogens is 376 g/mol. The van der Waals surface area contributed by atoms with Gasteiger partial charge in [-0.2, -0.15) is 0 Å². The van der Waals surface area contributed by atoms with Gasteiger partial charge in [0.05, 0.1) is 23.9 Å². The highest BCUT2D eigenvalue weighted by Gasteiger charge is 2.19. The molecule has 0 bridgehead atoms. The van der Waals surface area contributed by atoms with Crippen LogP contribution in [0.4, 0.5) is 5.82 Å². The Labute approximate surface area is 173 Å². The van der Waals surface area contributed by atoms with Gasteiger partial charge in [-0.1, -0.05) is 17.7 Å². The van der Waals surface area contributed by atoms with Crippen molar-refractivity contribution in [2.24, 2.45) is 0 Å². The van der Waals surface area contributed by atoms with Crippen LogP contribution in [0.15, 0.2) is 64.1 Å². The highest BCUT2D eigenvalue weighted by molar-refractivity contribution is 5.88. The molecule has 5 rings (SSSR count). The van der Waals surface area contributed by atoms with Crippen molar-refractivity contribution in [1.82, 2.24) is 14.4 Å². The third kappa shape index (κ3) is 2.97. The maximum atomic E-state index is 13.1. The number of aromatic amines is 1. The zero-order chi connectivity index (χ0) is 20.8. The van der Waals surface area contributed by atoms with Crippen LogP contribution >= 0.6 is 0 Å². The zero-order valence-electron chi connectivity index (χ0n) is 17.1. The number of pyridine rings is 2. The average molecular weight is 398 g/mol. The topological polar surface area (TPSA) is 75.3 Å². The molecule has 0 fully saturated rings. The molecule has 0 atom stereocenters. The number of H-pyrrole nitrogens is 1. The average Bonchev–Trinajstić information content (AvgIpc) is 3.35. The lowest BCUT2D eigenvalue weighted by atomic mass is 10.0. The summed E-state index contributed by atoms with van der Waals surface area (Å²) >= 11 is 0. The highest BCUT2D eigenvalue weighted by Crippen LogP contribution is 2.30. The molecule has 0 aliphatic heterocycles. The van der Waals surface area contributed by atoms with Crippen molar-refractivity contribution in [3.8, 4) is 11.3 Å². The van der Waals surface area contributed by atoms with Gasteiger partial charge in [-0.25, -0.2) is 4.98 Å². The van der Waals surface area contributed by atoms with Crippen LogP contribution in [0, 0.1) is 20.8 Å². The summed E-state index contributed by atoms with van der Waals surface area (Å²) in [5.74, 6) is 1.57. The number of nitrogens with zero attached hydrogens (tertiary/aromatic N) is 2. The predicted molar refractivity (Wildman–Crippen MR) is 119 cm³/mol. The molecule has 0 saturated carbocycles. The van der Waals surface area contributed by atoms with Crippen LogP contribution in [0.1, 0.15) is 22.5 Å². The molecular formula is C24H22N4O2. The quantitative estimate of drug-likeness (QED) is 0.448. The maximum absolute atomic E-state index is 13.1. The highest BCUT2D eigenvalue weighted by atomic mass is 16.3. The standard InChI is InChI=1S/C24H22N4O2/c1-14-10-16(3)20-17(11-14)12-19(24(29)27-20)21-23(25-13-18-7-5-9-30-18)28-8-4-6-15(2)22(28)26-21/h4-12,25H,13H2,1-3H3,(H,27,29). The van der Waals surface area contributed by atoms with Gasteiger partial charge in [0.25, 0.3) is 5.56 Å². The Kier molecular flexibility index (Phi) is 4.20. The Bertz CT molecular complexity index is 1440. The molecule has 6 nitrogen and oxygen atoms in total. The van der Waals surface area contributed by atoms with Crippen LogP contribution in [-0.4, -0.2) is 14.4 Å². The van der Waals surface area contributed by atoms with Crippen LogP contribution in [0.2, 0.25) is 0 Å². The molecule has 0 amide bonds. The van der Waals surface area contributed by atoms with E-state index in [2.05, 4.69) is 29.4 Å². The molecule has 4 heterocycles. The Morgan fingerprint density at radius 2 is 1.97 bits per heavy atom. The molecule has 5 aromatic rings. The largest absolute Gasteiger partial charge is 0.467 e. The van der Waals surface area contributed by atoms with E-state index in [-0.39, 0.29) is 5.56 Å². The molecule has 0 aliphatic rings. The fraction of sp³-hybridized carbons (Fsp3) is 0.167. The Balaban J connectivity index is 1.73. The summed E-state index contributed by atoms with van der Waals surface area (Å²) in [6.45, 7) is 6.57. The van der Waals surface area contributed by atoms with Crippen molar-refractivity contribution in [2.75, 3.05) is 5.32 Å². The van der Waals surface area contributed by atoms with E-state index in [1.165, 1.54) is 0 Å². The fourth-order valence-electron chi connectivity index (χ4n) is 4.01. The molecule has 0 unspecified atom stereocenters. The lowest BCUT2D eigenvalue weighted by Crippen LogP contribution is -2.11. The molecule has 1 aromatic carbocycles. The molecule has 0 radical (unpaired) electrons. The number of aryl methyl sites for hydroxylation is 3. The van der Waals surface area contributed by atoms with Crippen molar-refractivity contribution < 1.29 is 4.42 Å². The molecule has 150 valence electrons. The number of furan rings is 1. The second-order valence-corrected chi connectivity index (χ2v) is 7.68. The van der Waals surface area contributed by atoms with Gasteiger partial charge >= 0.3 is 0 Å². The van der Waals surface area contributed by atoms with Crippen LogP contribution in [0.5, 0.6) is 0 Å². The number of anilines is 1. The van der Waals surface area contributed by atoms with Crippen LogP contribution < -0.4 is 10.9 Å². The number of rotatable bonds is 4. The van der Waals surface area contributed by atoms with E-state index < -0.39 is 0 Å². The second kappa shape index (κ2) is 6.91. The predicted octanol–water partition coefficient (Wildman–Crippen LogP) is 4.97. The lowest BCUT2D eigenvalue weighted by Gasteiger charge is -2.09. The third-order valence-corrected chi connectivity index (χ3v) is 5.40. The van der Waals surface area contributed by atoms with Gasteiger partial charge in [0.1, 0.15) is 22.9 Å². The first-order valence-electron chi connectivity index (χ1n) is 9.90. The molecule has 4 aromatic heterocycles. The van der Waals surface area contributed by atoms with E-state index in [0.717, 1.165) is 44.8 Å². The second-order valence-electron chi connectivity index (χ2n) is 7.68. The van der Waals surface area contributed by atoms with E-state index in [1.807, 2.05) is 54.8 Å². The molecule has 0 aliphatic carbocycles. The Morgan fingerprint density at radius 1 is 1.10 bits per heavy atom. The normalized spacial score (nSPS) is 11.4. The van der Waals surface area contributed by atoms with E-state index >= 15 is 0 Å². The SMILES string of the molecule is Cc1cc(C)c2[nH]c(=O)c(-c3nc4c(C)cccn4c3NCc3ccco3)cc2c1. The van der Waals surface area contributed by atoms with Gasteiger partial charge < -0.3 is 14.7 Å². The number of fused-ring (bicyclic) bond motifs is 2. The summed E-state index contributed by atoms with van der Waals surface area (Å²) in [7, 11) is 0. The van der Waals surface area contributed by atoms with Crippen LogP contribution in [0.25, 0.3) is 27.8 Å². The molecule has 30 heavy (non-hydrogen) atoms. The van der Waals surface area contributed by atoms with Gasteiger partial charge in [-0.15, -0.1) is 0 Å². The summed E-state index contributed by atoms with van der Waals surface area (Å²) in [6, 6.07) is 13.8. The van der Waals surface area contributed by atoms with Crippen LogP contribution in [0.3, 0.4) is 0 Å². The van der Waals surface area contributed by atoms with E-state index in [1.54, 1.807) is 6.26 Å². The number of aromatic nitrogens is 3. The Hall–Kier alpha value is -3.80. The first kappa shape index (κ1) is 18.2. The maximum Gasteiger partial charge on any atom is 0.258 e. The van der Waals surface area contributed by atoms with Crippen molar-refractivity contribution in [1.29, 1.82) is 0 Å². The Morgan fingerprint density at radius 3 is 2.77 bits per heavy atom. The number of hydrogen-bond acceptors (Lipinski definition) is 4. The summed E-state index contributed by atoms with van der Waals surface area (Å²) < 4.78 is 7.45. The van der Waals surface area contributed by atoms with Gasteiger partial charge in [-0.05, 0) is 67.6 Å². The third-order valence-electron chi connectivity index (χ3n) is 5.40. The minimum absolute atomic E-state index is 0.156. The monoisotopic (exact) mass is 398 g/mol. The number of imidazole rings is 1. The van der Waals surface area contributed by atoms with Gasteiger partial charge in [-0.3, -0.25) is 9.20 Å². The van der Waals surface area contributed by atoms with Gasteiger partial charge in [0.15, 0.2) is 0 Å². The minimum atomic E-state index is -0.156. The van der Waals surface area contributed by atoms with Crippen LogP contribution in [-0.2, 0) is 6.54 Å². The summed E-state index contributed by atoms with van der Waals surface area (Å²) in [4.78, 5) is 21.0. The number of nitrogens with one attached hydrogen (secondary N) is 2. The van der Waals surface area contributed by atoms with Crippen molar-refractivity contribution in [3.63, 3.8) is 0 Å². The lowest BCUT2D eigenvalue weighted by molar-refractivity contribution is 0.518. The number of hydrogen-bond donors (Lipinski definition) is 2. The van der Waals surface area contributed by atoms with Gasteiger partial charge in [0.2, 0.25) is 0 Å².